The maximum absolute atomic E-state index is 14.2. The number of rotatable bonds is 4. The van der Waals surface area contributed by atoms with Gasteiger partial charge in [-0.3, -0.25) is 14.5 Å². The van der Waals surface area contributed by atoms with Crippen LogP contribution in [0.15, 0.2) is 24.3 Å². The van der Waals surface area contributed by atoms with Crippen LogP contribution in [0.25, 0.3) is 0 Å². The summed E-state index contributed by atoms with van der Waals surface area (Å²) in [7, 11) is 3.49. The fourth-order valence-corrected chi connectivity index (χ4v) is 3.14. The SMILES string of the molecule is CN(C)C(=O)CN1CCCN(C(=O)C(C)(C)c2ccccc2F)CC1. The standard InChI is InChI=1S/C19H28FN3O2/c1-19(2,15-8-5-6-9-16(15)20)18(25)23-11-7-10-22(12-13-23)14-17(24)21(3)4/h5-6,8-9H,7,10-14H2,1-4H3. The molecular weight excluding hydrogens is 321 g/mol. The third-order valence-electron chi connectivity index (χ3n) is 4.82. The van der Waals surface area contributed by atoms with E-state index in [0.29, 0.717) is 31.7 Å². The molecule has 0 aromatic heterocycles. The maximum atomic E-state index is 14.2. The molecule has 0 aliphatic carbocycles. The van der Waals surface area contributed by atoms with Crippen molar-refractivity contribution in [2.24, 2.45) is 0 Å². The number of hydrogen-bond donors (Lipinski definition) is 0. The number of benzene rings is 1. The van der Waals surface area contributed by atoms with Crippen molar-refractivity contribution in [3.8, 4) is 0 Å². The highest BCUT2D eigenvalue weighted by molar-refractivity contribution is 5.87. The van der Waals surface area contributed by atoms with Crippen molar-refractivity contribution < 1.29 is 14.0 Å². The lowest BCUT2D eigenvalue weighted by atomic mass is 9.82. The van der Waals surface area contributed by atoms with Crippen LogP contribution >= 0.6 is 0 Å². The summed E-state index contributed by atoms with van der Waals surface area (Å²) in [6.07, 6.45) is 0.805. The molecule has 0 saturated carbocycles. The van der Waals surface area contributed by atoms with Gasteiger partial charge in [-0.2, -0.15) is 0 Å². The fraction of sp³-hybridized carbons (Fsp3) is 0.579. The smallest absolute Gasteiger partial charge is 0.236 e. The van der Waals surface area contributed by atoms with Gasteiger partial charge in [0.25, 0.3) is 0 Å². The van der Waals surface area contributed by atoms with E-state index in [2.05, 4.69) is 4.90 Å². The van der Waals surface area contributed by atoms with Crippen molar-refractivity contribution in [1.82, 2.24) is 14.7 Å². The third-order valence-corrected chi connectivity index (χ3v) is 4.82. The minimum atomic E-state index is -0.917. The molecule has 6 heteroatoms. The van der Waals surface area contributed by atoms with Gasteiger partial charge in [-0.1, -0.05) is 18.2 Å². The molecule has 2 rings (SSSR count). The van der Waals surface area contributed by atoms with Gasteiger partial charge in [-0.05, 0) is 26.3 Å². The van der Waals surface area contributed by atoms with Crippen molar-refractivity contribution >= 4 is 11.8 Å². The molecule has 1 aliphatic rings. The molecular formula is C19H28FN3O2. The molecule has 0 radical (unpaired) electrons. The molecule has 2 amide bonds. The Morgan fingerprint density at radius 2 is 1.80 bits per heavy atom. The van der Waals surface area contributed by atoms with Crippen LogP contribution in [0.4, 0.5) is 4.39 Å². The second-order valence-electron chi connectivity index (χ2n) is 7.31. The summed E-state index contributed by atoms with van der Waals surface area (Å²) < 4.78 is 14.2. The molecule has 0 bridgehead atoms. The van der Waals surface area contributed by atoms with Gasteiger partial charge in [0, 0.05) is 45.8 Å². The molecule has 1 aromatic carbocycles. The molecule has 0 unspecified atom stereocenters. The number of carbonyl (C=O) groups is 2. The van der Waals surface area contributed by atoms with E-state index < -0.39 is 5.41 Å². The monoisotopic (exact) mass is 349 g/mol. The average Bonchev–Trinajstić information content (AvgIpc) is 2.79. The van der Waals surface area contributed by atoms with E-state index in [-0.39, 0.29) is 17.6 Å². The van der Waals surface area contributed by atoms with Crippen LogP contribution in [0.2, 0.25) is 0 Å². The van der Waals surface area contributed by atoms with Gasteiger partial charge >= 0.3 is 0 Å². The molecule has 1 saturated heterocycles. The molecule has 25 heavy (non-hydrogen) atoms. The van der Waals surface area contributed by atoms with E-state index in [1.165, 1.54) is 6.07 Å². The number of amides is 2. The largest absolute Gasteiger partial charge is 0.348 e. The lowest BCUT2D eigenvalue weighted by molar-refractivity contribution is -0.136. The van der Waals surface area contributed by atoms with Crippen molar-refractivity contribution in [2.45, 2.75) is 25.7 Å². The van der Waals surface area contributed by atoms with Crippen LogP contribution in [-0.4, -0.2) is 73.3 Å². The van der Waals surface area contributed by atoms with Crippen LogP contribution in [-0.2, 0) is 15.0 Å². The number of carbonyl (C=O) groups excluding carboxylic acids is 2. The Morgan fingerprint density at radius 1 is 1.12 bits per heavy atom. The lowest BCUT2D eigenvalue weighted by Gasteiger charge is -2.32. The molecule has 1 aliphatic heterocycles. The zero-order valence-electron chi connectivity index (χ0n) is 15.6. The van der Waals surface area contributed by atoms with Crippen molar-refractivity contribution in [3.05, 3.63) is 35.6 Å². The van der Waals surface area contributed by atoms with Crippen molar-refractivity contribution in [1.29, 1.82) is 0 Å². The van der Waals surface area contributed by atoms with Crippen LogP contribution < -0.4 is 0 Å². The minimum Gasteiger partial charge on any atom is -0.348 e. The van der Waals surface area contributed by atoms with Gasteiger partial charge in [-0.25, -0.2) is 4.39 Å². The van der Waals surface area contributed by atoms with Crippen molar-refractivity contribution in [2.75, 3.05) is 46.8 Å². The number of hydrogen-bond acceptors (Lipinski definition) is 3. The lowest BCUT2D eigenvalue weighted by Crippen LogP contribution is -2.46. The van der Waals surface area contributed by atoms with Crippen molar-refractivity contribution in [3.63, 3.8) is 0 Å². The summed E-state index contributed by atoms with van der Waals surface area (Å²) >= 11 is 0. The first-order chi connectivity index (χ1) is 11.7. The molecule has 138 valence electrons. The zero-order valence-corrected chi connectivity index (χ0v) is 15.6. The van der Waals surface area contributed by atoms with Crippen LogP contribution in [0.1, 0.15) is 25.8 Å². The zero-order chi connectivity index (χ0) is 18.6. The summed E-state index contributed by atoms with van der Waals surface area (Å²) in [4.78, 5) is 30.4. The van der Waals surface area contributed by atoms with E-state index in [1.807, 2.05) is 0 Å². The third kappa shape index (κ3) is 4.57. The van der Waals surface area contributed by atoms with Gasteiger partial charge < -0.3 is 9.80 Å². The first-order valence-electron chi connectivity index (χ1n) is 8.70. The van der Waals surface area contributed by atoms with Crippen LogP contribution in [0.5, 0.6) is 0 Å². The first kappa shape index (κ1) is 19.4. The Labute approximate surface area is 149 Å². The van der Waals surface area contributed by atoms with E-state index >= 15 is 0 Å². The van der Waals surface area contributed by atoms with Gasteiger partial charge in [0.2, 0.25) is 11.8 Å². The minimum absolute atomic E-state index is 0.0615. The van der Waals surface area contributed by atoms with Gasteiger partial charge in [0.15, 0.2) is 0 Å². The van der Waals surface area contributed by atoms with Crippen LogP contribution in [0.3, 0.4) is 0 Å². The number of nitrogens with zero attached hydrogens (tertiary/aromatic N) is 3. The molecule has 1 fully saturated rings. The Balaban J connectivity index is 2.05. The molecule has 5 nitrogen and oxygen atoms in total. The number of halogens is 1. The average molecular weight is 349 g/mol. The second-order valence-corrected chi connectivity index (χ2v) is 7.31. The predicted octanol–water partition coefficient (Wildman–Crippen LogP) is 1.73. The van der Waals surface area contributed by atoms with E-state index in [1.54, 1.807) is 55.9 Å². The molecule has 1 aromatic rings. The van der Waals surface area contributed by atoms with Crippen LogP contribution in [0, 0.1) is 5.82 Å². The predicted molar refractivity (Wildman–Crippen MR) is 95.8 cm³/mol. The number of likely N-dealkylation sites (N-methyl/N-ethyl adjacent to an activating group) is 1. The normalized spacial score (nSPS) is 16.4. The molecule has 0 spiro atoms. The summed E-state index contributed by atoms with van der Waals surface area (Å²) in [6, 6.07) is 6.45. The van der Waals surface area contributed by atoms with Gasteiger partial charge in [0.05, 0.1) is 12.0 Å². The summed E-state index contributed by atoms with van der Waals surface area (Å²) in [5.74, 6) is -0.362. The highest BCUT2D eigenvalue weighted by atomic mass is 19.1. The maximum Gasteiger partial charge on any atom is 0.236 e. The van der Waals surface area contributed by atoms with E-state index in [9.17, 15) is 14.0 Å². The highest BCUT2D eigenvalue weighted by Gasteiger charge is 2.36. The topological polar surface area (TPSA) is 43.9 Å². The van der Waals surface area contributed by atoms with Gasteiger partial charge in [-0.15, -0.1) is 0 Å². The summed E-state index contributed by atoms with van der Waals surface area (Å²) in [5, 5.41) is 0. The quantitative estimate of drug-likeness (QED) is 0.831. The molecule has 1 heterocycles. The molecule has 0 N–H and O–H groups in total. The Hall–Kier alpha value is -1.95. The van der Waals surface area contributed by atoms with E-state index in [0.717, 1.165) is 13.0 Å². The van der Waals surface area contributed by atoms with Gasteiger partial charge in [0.1, 0.15) is 5.82 Å². The summed E-state index contributed by atoms with van der Waals surface area (Å²) in [6.45, 7) is 6.52. The fourth-order valence-electron chi connectivity index (χ4n) is 3.14. The molecule has 0 atom stereocenters. The Bertz CT molecular complexity index is 631. The summed E-state index contributed by atoms with van der Waals surface area (Å²) in [5.41, 5.74) is -0.496. The highest BCUT2D eigenvalue weighted by Crippen LogP contribution is 2.28. The first-order valence-corrected chi connectivity index (χ1v) is 8.70. The van der Waals surface area contributed by atoms with E-state index in [4.69, 9.17) is 0 Å². The second kappa shape index (κ2) is 7.95. The Morgan fingerprint density at radius 3 is 2.44 bits per heavy atom. The Kier molecular flexibility index (Phi) is 6.16.